The standard InChI is InChI=1S/C16H11Cl2N3O/c1-2-22-15-5-9(8-19)3-4-10(15)16-20-13-6-11(17)12(18)7-14(13)21-16/h3-7H,2H2,1H3,(H,20,21). The van der Waals surface area contributed by atoms with Crippen LogP contribution in [-0.2, 0) is 0 Å². The fourth-order valence-corrected chi connectivity index (χ4v) is 2.52. The average molecular weight is 332 g/mol. The van der Waals surface area contributed by atoms with Crippen LogP contribution in [0.3, 0.4) is 0 Å². The molecule has 1 N–H and O–H groups in total. The number of imidazole rings is 1. The van der Waals surface area contributed by atoms with Crippen molar-refractivity contribution in [2.24, 2.45) is 0 Å². The summed E-state index contributed by atoms with van der Waals surface area (Å²) in [6.45, 7) is 2.39. The Morgan fingerprint density at radius 2 is 2.00 bits per heavy atom. The molecule has 0 bridgehead atoms. The van der Waals surface area contributed by atoms with Crippen molar-refractivity contribution >= 4 is 34.2 Å². The molecule has 22 heavy (non-hydrogen) atoms. The van der Waals surface area contributed by atoms with E-state index in [-0.39, 0.29) is 0 Å². The molecule has 2 aromatic carbocycles. The number of hydrogen-bond donors (Lipinski definition) is 1. The van der Waals surface area contributed by atoms with E-state index in [1.165, 1.54) is 0 Å². The molecule has 0 saturated carbocycles. The molecule has 6 heteroatoms. The maximum absolute atomic E-state index is 9.01. The first-order valence-corrected chi connectivity index (χ1v) is 7.40. The smallest absolute Gasteiger partial charge is 0.142 e. The summed E-state index contributed by atoms with van der Waals surface area (Å²) in [5, 5.41) is 9.93. The van der Waals surface area contributed by atoms with Crippen LogP contribution in [0.5, 0.6) is 5.75 Å². The highest BCUT2D eigenvalue weighted by Crippen LogP contribution is 2.33. The second-order valence-corrected chi connectivity index (χ2v) is 5.44. The molecule has 0 atom stereocenters. The number of nitrogens with zero attached hydrogens (tertiary/aromatic N) is 2. The summed E-state index contributed by atoms with van der Waals surface area (Å²) in [7, 11) is 0. The fraction of sp³-hybridized carbons (Fsp3) is 0.125. The van der Waals surface area contributed by atoms with Crippen LogP contribution in [-0.4, -0.2) is 16.6 Å². The van der Waals surface area contributed by atoms with Crippen molar-refractivity contribution in [2.45, 2.75) is 6.92 Å². The Morgan fingerprint density at radius 3 is 2.73 bits per heavy atom. The van der Waals surface area contributed by atoms with Gasteiger partial charge in [0, 0.05) is 0 Å². The minimum atomic E-state index is 0.456. The number of H-pyrrole nitrogens is 1. The number of aromatic amines is 1. The van der Waals surface area contributed by atoms with E-state index in [9.17, 15) is 0 Å². The summed E-state index contributed by atoms with van der Waals surface area (Å²) in [6, 6.07) is 10.8. The van der Waals surface area contributed by atoms with Gasteiger partial charge >= 0.3 is 0 Å². The molecule has 0 spiro atoms. The van der Waals surface area contributed by atoms with Gasteiger partial charge in [0.15, 0.2) is 0 Å². The SMILES string of the molecule is CCOc1cc(C#N)ccc1-c1nc2cc(Cl)c(Cl)cc2[nH]1. The van der Waals surface area contributed by atoms with Gasteiger partial charge in [0.05, 0.1) is 44.9 Å². The molecule has 1 heterocycles. The molecular formula is C16H11Cl2N3O. The molecule has 0 aliphatic carbocycles. The van der Waals surface area contributed by atoms with Crippen molar-refractivity contribution < 1.29 is 4.74 Å². The Kier molecular flexibility index (Phi) is 3.93. The van der Waals surface area contributed by atoms with Crippen LogP contribution in [0.2, 0.25) is 10.0 Å². The maximum Gasteiger partial charge on any atom is 0.142 e. The van der Waals surface area contributed by atoms with E-state index < -0.39 is 0 Å². The molecule has 3 rings (SSSR count). The summed E-state index contributed by atoms with van der Waals surface area (Å²) in [5.74, 6) is 1.25. The number of ether oxygens (including phenoxy) is 1. The molecule has 0 unspecified atom stereocenters. The largest absolute Gasteiger partial charge is 0.493 e. The predicted molar refractivity (Wildman–Crippen MR) is 87.4 cm³/mol. The van der Waals surface area contributed by atoms with Crippen molar-refractivity contribution in [1.82, 2.24) is 9.97 Å². The third-order valence-corrected chi connectivity index (χ3v) is 3.91. The van der Waals surface area contributed by atoms with Gasteiger partial charge in [0.25, 0.3) is 0 Å². The second-order valence-electron chi connectivity index (χ2n) is 4.62. The second kappa shape index (κ2) is 5.88. The normalized spacial score (nSPS) is 10.6. The summed E-state index contributed by atoms with van der Waals surface area (Å²) < 4.78 is 5.61. The Morgan fingerprint density at radius 1 is 1.23 bits per heavy atom. The van der Waals surface area contributed by atoms with Gasteiger partial charge in [-0.05, 0) is 37.3 Å². The quantitative estimate of drug-likeness (QED) is 0.749. The lowest BCUT2D eigenvalue weighted by molar-refractivity contribution is 0.341. The highest BCUT2D eigenvalue weighted by Gasteiger charge is 2.13. The number of fused-ring (bicyclic) bond motifs is 1. The van der Waals surface area contributed by atoms with Crippen molar-refractivity contribution in [3.8, 4) is 23.2 Å². The lowest BCUT2D eigenvalue weighted by atomic mass is 10.1. The van der Waals surface area contributed by atoms with E-state index in [2.05, 4.69) is 16.0 Å². The Balaban J connectivity index is 2.16. The summed E-state index contributed by atoms with van der Waals surface area (Å²) in [4.78, 5) is 7.72. The topological polar surface area (TPSA) is 61.7 Å². The van der Waals surface area contributed by atoms with Crippen LogP contribution in [0, 0.1) is 11.3 Å². The zero-order valence-electron chi connectivity index (χ0n) is 11.7. The first kappa shape index (κ1) is 14.7. The number of aromatic nitrogens is 2. The minimum absolute atomic E-state index is 0.456. The number of nitrogens with one attached hydrogen (secondary N) is 1. The van der Waals surface area contributed by atoms with Gasteiger partial charge in [-0.15, -0.1) is 0 Å². The molecule has 0 aliphatic rings. The molecular weight excluding hydrogens is 321 g/mol. The molecule has 3 aromatic rings. The highest BCUT2D eigenvalue weighted by atomic mass is 35.5. The number of rotatable bonds is 3. The molecule has 0 saturated heterocycles. The van der Waals surface area contributed by atoms with Crippen LogP contribution < -0.4 is 4.74 Å². The number of halogens is 2. The van der Waals surface area contributed by atoms with Crippen molar-refractivity contribution in [3.05, 3.63) is 45.9 Å². The molecule has 0 aliphatic heterocycles. The van der Waals surface area contributed by atoms with Crippen LogP contribution in [0.25, 0.3) is 22.4 Å². The molecule has 110 valence electrons. The van der Waals surface area contributed by atoms with E-state index in [0.29, 0.717) is 33.8 Å². The predicted octanol–water partition coefficient (Wildman–Crippen LogP) is 4.81. The summed E-state index contributed by atoms with van der Waals surface area (Å²) in [6.07, 6.45) is 0. The zero-order chi connectivity index (χ0) is 15.7. The molecule has 1 aromatic heterocycles. The van der Waals surface area contributed by atoms with Gasteiger partial charge in [0.2, 0.25) is 0 Å². The lowest BCUT2D eigenvalue weighted by Gasteiger charge is -2.08. The van der Waals surface area contributed by atoms with Crippen molar-refractivity contribution in [1.29, 1.82) is 5.26 Å². The van der Waals surface area contributed by atoms with Crippen LogP contribution in [0.4, 0.5) is 0 Å². The molecule has 4 nitrogen and oxygen atoms in total. The van der Waals surface area contributed by atoms with E-state index in [4.69, 9.17) is 33.2 Å². The third kappa shape index (κ3) is 2.61. The monoisotopic (exact) mass is 331 g/mol. The van der Waals surface area contributed by atoms with E-state index in [1.807, 2.05) is 13.0 Å². The molecule has 0 radical (unpaired) electrons. The number of nitriles is 1. The van der Waals surface area contributed by atoms with E-state index in [1.54, 1.807) is 24.3 Å². The Bertz CT molecular complexity index is 857. The van der Waals surface area contributed by atoms with Crippen molar-refractivity contribution in [3.63, 3.8) is 0 Å². The average Bonchev–Trinajstić information content (AvgIpc) is 2.90. The third-order valence-electron chi connectivity index (χ3n) is 3.19. The van der Waals surface area contributed by atoms with Gasteiger partial charge in [0.1, 0.15) is 11.6 Å². The summed E-state index contributed by atoms with van der Waals surface area (Å²) >= 11 is 12.0. The highest BCUT2D eigenvalue weighted by molar-refractivity contribution is 6.42. The van der Waals surface area contributed by atoms with Crippen LogP contribution >= 0.6 is 23.2 Å². The van der Waals surface area contributed by atoms with Gasteiger partial charge in [-0.2, -0.15) is 5.26 Å². The zero-order valence-corrected chi connectivity index (χ0v) is 13.2. The lowest BCUT2D eigenvalue weighted by Crippen LogP contribution is -1.95. The van der Waals surface area contributed by atoms with Crippen LogP contribution in [0.1, 0.15) is 12.5 Å². The fourth-order valence-electron chi connectivity index (χ4n) is 2.19. The first-order chi connectivity index (χ1) is 10.6. The molecule has 0 fully saturated rings. The van der Waals surface area contributed by atoms with Gasteiger partial charge < -0.3 is 9.72 Å². The van der Waals surface area contributed by atoms with E-state index >= 15 is 0 Å². The maximum atomic E-state index is 9.01. The summed E-state index contributed by atoms with van der Waals surface area (Å²) in [5.41, 5.74) is 2.83. The first-order valence-electron chi connectivity index (χ1n) is 6.64. The van der Waals surface area contributed by atoms with Crippen LogP contribution in [0.15, 0.2) is 30.3 Å². The Labute approximate surface area is 137 Å². The van der Waals surface area contributed by atoms with Gasteiger partial charge in [-0.1, -0.05) is 23.2 Å². The van der Waals surface area contributed by atoms with Gasteiger partial charge in [-0.3, -0.25) is 0 Å². The van der Waals surface area contributed by atoms with Crippen molar-refractivity contribution in [2.75, 3.05) is 6.61 Å². The number of hydrogen-bond acceptors (Lipinski definition) is 3. The minimum Gasteiger partial charge on any atom is -0.493 e. The van der Waals surface area contributed by atoms with E-state index in [0.717, 1.165) is 16.6 Å². The number of benzene rings is 2. The Hall–Kier alpha value is -2.22. The van der Waals surface area contributed by atoms with Gasteiger partial charge in [-0.25, -0.2) is 4.98 Å². The molecule has 0 amide bonds.